The summed E-state index contributed by atoms with van der Waals surface area (Å²) in [5, 5.41) is 3.66. The van der Waals surface area contributed by atoms with Gasteiger partial charge in [0.05, 0.1) is 21.8 Å². The van der Waals surface area contributed by atoms with Gasteiger partial charge < -0.3 is 14.8 Å². The van der Waals surface area contributed by atoms with Crippen molar-refractivity contribution in [2.45, 2.75) is 19.3 Å². The second-order valence-electron chi connectivity index (χ2n) is 6.10. The Bertz CT molecular complexity index is 878. The van der Waals surface area contributed by atoms with E-state index in [4.69, 9.17) is 9.47 Å². The number of thiazole rings is 1. The molecular formula is C21H22N2O4S. The number of carbonyl (C=O) groups is 2. The molecule has 28 heavy (non-hydrogen) atoms. The molecule has 0 unspecified atom stereocenters. The number of benzene rings is 2. The summed E-state index contributed by atoms with van der Waals surface area (Å²) in [4.78, 5) is 28.0. The van der Waals surface area contributed by atoms with Crippen molar-refractivity contribution in [1.82, 2.24) is 10.3 Å². The van der Waals surface area contributed by atoms with Crippen LogP contribution in [0.15, 0.2) is 54.6 Å². The number of nitrogens with zero attached hydrogens (tertiary/aromatic N) is 1. The molecule has 0 bridgehead atoms. The maximum atomic E-state index is 11.8. The molecule has 1 amide bonds. The molecule has 1 N–H and O–H groups in total. The van der Waals surface area contributed by atoms with Gasteiger partial charge in [-0.2, -0.15) is 0 Å². The zero-order chi connectivity index (χ0) is 19.6. The van der Waals surface area contributed by atoms with Crippen LogP contribution in [-0.4, -0.2) is 36.6 Å². The third kappa shape index (κ3) is 6.35. The van der Waals surface area contributed by atoms with E-state index in [9.17, 15) is 9.59 Å². The number of rotatable bonds is 10. The van der Waals surface area contributed by atoms with E-state index in [1.54, 1.807) is 11.3 Å². The predicted molar refractivity (Wildman–Crippen MR) is 108 cm³/mol. The van der Waals surface area contributed by atoms with Gasteiger partial charge in [0, 0.05) is 6.42 Å². The van der Waals surface area contributed by atoms with Crippen LogP contribution in [-0.2, 0) is 20.7 Å². The first-order valence-electron chi connectivity index (χ1n) is 9.15. The minimum absolute atomic E-state index is 0.264. The molecule has 1 aromatic heterocycles. The molecule has 0 fully saturated rings. The van der Waals surface area contributed by atoms with Crippen molar-refractivity contribution in [3.63, 3.8) is 0 Å². The Morgan fingerprint density at radius 3 is 2.64 bits per heavy atom. The number of esters is 1. The minimum atomic E-state index is -0.378. The van der Waals surface area contributed by atoms with Gasteiger partial charge in [-0.1, -0.05) is 30.3 Å². The van der Waals surface area contributed by atoms with Gasteiger partial charge in [0.25, 0.3) is 5.91 Å². The van der Waals surface area contributed by atoms with Crippen LogP contribution >= 0.6 is 11.3 Å². The summed E-state index contributed by atoms with van der Waals surface area (Å²) >= 11 is 1.64. The summed E-state index contributed by atoms with van der Waals surface area (Å²) in [6, 6.07) is 17.3. The number of ether oxygens (including phenoxy) is 2. The molecule has 0 aliphatic carbocycles. The molecule has 146 valence electrons. The summed E-state index contributed by atoms with van der Waals surface area (Å²) in [7, 11) is 0. The highest BCUT2D eigenvalue weighted by atomic mass is 32.1. The summed E-state index contributed by atoms with van der Waals surface area (Å²) < 4.78 is 11.6. The van der Waals surface area contributed by atoms with Crippen LogP contribution in [0, 0.1) is 0 Å². The summed E-state index contributed by atoms with van der Waals surface area (Å²) in [6.07, 6.45) is 1.63. The lowest BCUT2D eigenvalue weighted by molar-refractivity contribution is -0.148. The van der Waals surface area contributed by atoms with Crippen LogP contribution in [0.3, 0.4) is 0 Å². The van der Waals surface area contributed by atoms with Gasteiger partial charge in [-0.15, -0.1) is 11.3 Å². The molecule has 3 aromatic rings. The van der Waals surface area contributed by atoms with Gasteiger partial charge >= 0.3 is 5.97 Å². The number of nitrogens with one attached hydrogen (secondary N) is 1. The largest absolute Gasteiger partial charge is 0.492 e. The molecular weight excluding hydrogens is 376 g/mol. The number of hydrogen-bond donors (Lipinski definition) is 1. The average Bonchev–Trinajstić information content (AvgIpc) is 3.13. The normalized spacial score (nSPS) is 10.6. The first-order valence-corrected chi connectivity index (χ1v) is 9.97. The maximum Gasteiger partial charge on any atom is 0.306 e. The fraction of sp³-hybridized carbons (Fsp3) is 0.286. The Kier molecular flexibility index (Phi) is 7.37. The van der Waals surface area contributed by atoms with E-state index in [1.807, 2.05) is 54.6 Å². The first kappa shape index (κ1) is 19.8. The third-order valence-electron chi connectivity index (χ3n) is 3.91. The predicted octanol–water partition coefficient (Wildman–Crippen LogP) is 3.36. The Morgan fingerprint density at radius 2 is 1.82 bits per heavy atom. The van der Waals surface area contributed by atoms with Crippen molar-refractivity contribution >= 4 is 33.4 Å². The second kappa shape index (κ2) is 10.4. The van der Waals surface area contributed by atoms with Crippen molar-refractivity contribution in [2.24, 2.45) is 0 Å². The molecule has 0 atom stereocenters. The van der Waals surface area contributed by atoms with Crippen LogP contribution in [0.2, 0.25) is 0 Å². The van der Waals surface area contributed by atoms with E-state index >= 15 is 0 Å². The number of carbonyl (C=O) groups excluding carboxylic acids is 2. The first-order chi connectivity index (χ1) is 13.7. The molecule has 0 radical (unpaired) electrons. The molecule has 1 heterocycles. The van der Waals surface area contributed by atoms with Crippen molar-refractivity contribution in [2.75, 3.05) is 19.8 Å². The molecule has 0 aliphatic rings. The van der Waals surface area contributed by atoms with E-state index in [-0.39, 0.29) is 24.9 Å². The summed E-state index contributed by atoms with van der Waals surface area (Å²) in [5.74, 6) is 0.0317. The number of amides is 1. The van der Waals surface area contributed by atoms with Crippen molar-refractivity contribution in [3.05, 3.63) is 59.6 Å². The lowest BCUT2D eigenvalue weighted by atomic mass is 10.2. The van der Waals surface area contributed by atoms with Crippen LogP contribution in [0.4, 0.5) is 0 Å². The molecule has 0 aliphatic heterocycles. The standard InChI is InChI=1S/C21H22N2O4S/c24-19(22-13-14-26-16-7-2-1-3-8-16)15-27-21(25)12-6-11-20-23-17-9-4-5-10-18(17)28-20/h1-5,7-10H,6,11-15H2,(H,22,24). The number of fused-ring (bicyclic) bond motifs is 1. The van der Waals surface area contributed by atoms with E-state index in [0.717, 1.165) is 27.4 Å². The third-order valence-corrected chi connectivity index (χ3v) is 5.01. The van der Waals surface area contributed by atoms with Crippen LogP contribution in [0.5, 0.6) is 5.75 Å². The lowest BCUT2D eigenvalue weighted by Crippen LogP contribution is -2.32. The Balaban J connectivity index is 1.26. The quantitative estimate of drug-likeness (QED) is 0.419. The SMILES string of the molecule is O=C(COC(=O)CCCc1nc2ccccc2s1)NCCOc1ccccc1. The van der Waals surface area contributed by atoms with Gasteiger partial charge in [-0.25, -0.2) is 4.98 Å². The van der Waals surface area contributed by atoms with Crippen LogP contribution < -0.4 is 10.1 Å². The molecule has 2 aromatic carbocycles. The van der Waals surface area contributed by atoms with E-state index in [0.29, 0.717) is 19.6 Å². The highest BCUT2D eigenvalue weighted by molar-refractivity contribution is 7.18. The van der Waals surface area contributed by atoms with Gasteiger partial charge in [0.15, 0.2) is 6.61 Å². The Labute approximate surface area is 167 Å². The molecule has 6 nitrogen and oxygen atoms in total. The fourth-order valence-electron chi connectivity index (χ4n) is 2.56. The van der Waals surface area contributed by atoms with Crippen molar-refractivity contribution < 1.29 is 19.1 Å². The Hall–Kier alpha value is -2.93. The number of aryl methyl sites for hydroxylation is 1. The van der Waals surface area contributed by atoms with Gasteiger partial charge in [-0.3, -0.25) is 9.59 Å². The zero-order valence-electron chi connectivity index (χ0n) is 15.4. The van der Waals surface area contributed by atoms with Gasteiger partial charge in [0.2, 0.25) is 0 Å². The molecule has 7 heteroatoms. The van der Waals surface area contributed by atoms with Crippen molar-refractivity contribution in [3.8, 4) is 5.75 Å². The fourth-order valence-corrected chi connectivity index (χ4v) is 3.57. The van der Waals surface area contributed by atoms with Crippen LogP contribution in [0.25, 0.3) is 10.2 Å². The number of para-hydroxylation sites is 2. The van der Waals surface area contributed by atoms with Crippen molar-refractivity contribution in [1.29, 1.82) is 0 Å². The van der Waals surface area contributed by atoms with E-state index < -0.39 is 0 Å². The molecule has 0 saturated heterocycles. The number of aromatic nitrogens is 1. The zero-order valence-corrected chi connectivity index (χ0v) is 16.2. The summed E-state index contributed by atoms with van der Waals surface area (Å²) in [5.41, 5.74) is 0.984. The molecule has 0 saturated carbocycles. The van der Waals surface area contributed by atoms with Gasteiger partial charge in [-0.05, 0) is 37.1 Å². The Morgan fingerprint density at radius 1 is 1.04 bits per heavy atom. The molecule has 3 rings (SSSR count). The topological polar surface area (TPSA) is 77.5 Å². The monoisotopic (exact) mass is 398 g/mol. The number of hydrogen-bond acceptors (Lipinski definition) is 6. The second-order valence-corrected chi connectivity index (χ2v) is 7.22. The highest BCUT2D eigenvalue weighted by Gasteiger charge is 2.09. The molecule has 0 spiro atoms. The highest BCUT2D eigenvalue weighted by Crippen LogP contribution is 2.22. The van der Waals surface area contributed by atoms with E-state index in [2.05, 4.69) is 10.3 Å². The summed E-state index contributed by atoms with van der Waals surface area (Å²) in [6.45, 7) is 0.431. The van der Waals surface area contributed by atoms with E-state index in [1.165, 1.54) is 0 Å². The average molecular weight is 398 g/mol. The van der Waals surface area contributed by atoms with Gasteiger partial charge in [0.1, 0.15) is 12.4 Å². The van der Waals surface area contributed by atoms with Crippen LogP contribution in [0.1, 0.15) is 17.8 Å². The maximum absolute atomic E-state index is 11.8. The minimum Gasteiger partial charge on any atom is -0.492 e. The smallest absolute Gasteiger partial charge is 0.306 e. The lowest BCUT2D eigenvalue weighted by Gasteiger charge is -2.08.